The third-order valence-corrected chi connectivity index (χ3v) is 2.35. The van der Waals surface area contributed by atoms with Gasteiger partial charge < -0.3 is 10.1 Å². The molecule has 1 aliphatic rings. The van der Waals surface area contributed by atoms with Crippen LogP contribution in [0.4, 0.5) is 0 Å². The van der Waals surface area contributed by atoms with Crippen molar-refractivity contribution in [3.63, 3.8) is 0 Å². The minimum Gasteiger partial charge on any atom is -0.379 e. The highest BCUT2D eigenvalue weighted by Gasteiger charge is 2.12. The van der Waals surface area contributed by atoms with Crippen LogP contribution >= 0.6 is 0 Å². The molecule has 0 amide bonds. The van der Waals surface area contributed by atoms with E-state index in [0.717, 1.165) is 39.4 Å². The van der Waals surface area contributed by atoms with Crippen molar-refractivity contribution in [2.24, 2.45) is 0 Å². The number of ether oxygens (including phenoxy) is 1. The highest BCUT2D eigenvalue weighted by Crippen LogP contribution is 1.97. The number of nitrogens with one attached hydrogen (secondary N) is 1. The molecule has 3 nitrogen and oxygen atoms in total. The Morgan fingerprint density at radius 1 is 1.43 bits per heavy atom. The summed E-state index contributed by atoms with van der Waals surface area (Å²) < 4.78 is 5.30. The van der Waals surface area contributed by atoms with Gasteiger partial charge in [0.2, 0.25) is 0 Å². The molecule has 80 valence electrons. The zero-order valence-electron chi connectivity index (χ0n) is 9.18. The van der Waals surface area contributed by atoms with E-state index in [1.807, 2.05) is 6.92 Å². The number of hydrogen-bond acceptors (Lipinski definition) is 3. The van der Waals surface area contributed by atoms with Crippen LogP contribution in [0.5, 0.6) is 0 Å². The highest BCUT2D eigenvalue weighted by molar-refractivity contribution is 4.97. The van der Waals surface area contributed by atoms with E-state index >= 15 is 0 Å². The Labute approximate surface area is 86.8 Å². The van der Waals surface area contributed by atoms with Gasteiger partial charge in [-0.15, -0.1) is 5.92 Å². The summed E-state index contributed by atoms with van der Waals surface area (Å²) in [6.07, 6.45) is 0. The van der Waals surface area contributed by atoms with Crippen molar-refractivity contribution in [3.8, 4) is 11.8 Å². The number of morpholine rings is 1. The predicted octanol–water partition coefficient (Wildman–Crippen LogP) is 0.320. The van der Waals surface area contributed by atoms with Crippen molar-refractivity contribution in [2.75, 3.05) is 39.4 Å². The second-order valence-corrected chi connectivity index (χ2v) is 3.62. The molecular formula is C11H20N2O. The van der Waals surface area contributed by atoms with Gasteiger partial charge in [0.15, 0.2) is 0 Å². The first kappa shape index (κ1) is 11.5. The van der Waals surface area contributed by atoms with Crippen LogP contribution in [0, 0.1) is 11.8 Å². The summed E-state index contributed by atoms with van der Waals surface area (Å²) in [5.74, 6) is 5.89. The Bertz CT molecular complexity index is 201. The van der Waals surface area contributed by atoms with E-state index in [1.165, 1.54) is 0 Å². The first-order chi connectivity index (χ1) is 6.83. The fourth-order valence-corrected chi connectivity index (χ4v) is 1.55. The van der Waals surface area contributed by atoms with Crippen molar-refractivity contribution >= 4 is 0 Å². The molecule has 0 aromatic heterocycles. The van der Waals surface area contributed by atoms with Crippen LogP contribution in [0.2, 0.25) is 0 Å². The second-order valence-electron chi connectivity index (χ2n) is 3.62. The Morgan fingerprint density at radius 3 is 2.79 bits per heavy atom. The summed E-state index contributed by atoms with van der Waals surface area (Å²) in [5, 5.41) is 3.37. The topological polar surface area (TPSA) is 24.5 Å². The molecule has 0 aliphatic carbocycles. The van der Waals surface area contributed by atoms with Crippen LogP contribution in [0.1, 0.15) is 13.8 Å². The molecule has 1 rings (SSSR count). The summed E-state index contributed by atoms with van der Waals surface area (Å²) in [6.45, 7) is 9.83. The maximum Gasteiger partial charge on any atom is 0.0594 e. The second kappa shape index (κ2) is 6.83. The quantitative estimate of drug-likeness (QED) is 0.655. The maximum absolute atomic E-state index is 5.30. The summed E-state index contributed by atoms with van der Waals surface area (Å²) in [5.41, 5.74) is 0. The van der Waals surface area contributed by atoms with Gasteiger partial charge in [-0.25, -0.2) is 0 Å². The summed E-state index contributed by atoms with van der Waals surface area (Å²) in [4.78, 5) is 2.43. The molecule has 0 radical (unpaired) electrons. The number of rotatable bonds is 4. The molecule has 1 aliphatic heterocycles. The molecule has 0 spiro atoms. The first-order valence-electron chi connectivity index (χ1n) is 5.26. The van der Waals surface area contributed by atoms with Crippen molar-refractivity contribution in [3.05, 3.63) is 0 Å². The van der Waals surface area contributed by atoms with Crippen molar-refractivity contribution in [1.29, 1.82) is 0 Å². The third kappa shape index (κ3) is 4.61. The molecular weight excluding hydrogens is 176 g/mol. The van der Waals surface area contributed by atoms with E-state index in [4.69, 9.17) is 4.74 Å². The molecule has 0 aromatic rings. The maximum atomic E-state index is 5.30. The van der Waals surface area contributed by atoms with Crippen LogP contribution in [0.25, 0.3) is 0 Å². The van der Waals surface area contributed by atoms with Gasteiger partial charge >= 0.3 is 0 Å². The van der Waals surface area contributed by atoms with Gasteiger partial charge in [0, 0.05) is 25.7 Å². The van der Waals surface area contributed by atoms with Gasteiger partial charge in [-0.2, -0.15) is 0 Å². The van der Waals surface area contributed by atoms with E-state index in [0.29, 0.717) is 6.04 Å². The minimum absolute atomic E-state index is 0.508. The molecule has 0 aromatic carbocycles. The molecule has 0 saturated carbocycles. The SMILES string of the molecule is CC#CCNC(C)CN1CCOCC1. The van der Waals surface area contributed by atoms with Gasteiger partial charge in [-0.05, 0) is 13.8 Å². The van der Waals surface area contributed by atoms with Crippen LogP contribution in [-0.4, -0.2) is 50.3 Å². The van der Waals surface area contributed by atoms with Crippen LogP contribution < -0.4 is 5.32 Å². The van der Waals surface area contributed by atoms with Crippen molar-refractivity contribution in [1.82, 2.24) is 10.2 Å². The third-order valence-electron chi connectivity index (χ3n) is 2.35. The van der Waals surface area contributed by atoms with E-state index in [1.54, 1.807) is 0 Å². The van der Waals surface area contributed by atoms with Gasteiger partial charge in [0.25, 0.3) is 0 Å². The molecule has 1 fully saturated rings. The molecule has 3 heteroatoms. The van der Waals surface area contributed by atoms with Gasteiger partial charge in [-0.1, -0.05) is 5.92 Å². The first-order valence-corrected chi connectivity index (χ1v) is 5.26. The summed E-state index contributed by atoms with van der Waals surface area (Å²) in [6, 6.07) is 0.508. The van der Waals surface area contributed by atoms with E-state index < -0.39 is 0 Å². The number of hydrogen-bond donors (Lipinski definition) is 1. The van der Waals surface area contributed by atoms with E-state index in [-0.39, 0.29) is 0 Å². The summed E-state index contributed by atoms with van der Waals surface area (Å²) in [7, 11) is 0. The molecule has 1 N–H and O–H groups in total. The fourth-order valence-electron chi connectivity index (χ4n) is 1.55. The molecule has 1 unspecified atom stereocenters. The predicted molar refractivity (Wildman–Crippen MR) is 58.2 cm³/mol. The summed E-state index contributed by atoms with van der Waals surface area (Å²) >= 11 is 0. The number of nitrogens with zero attached hydrogens (tertiary/aromatic N) is 1. The molecule has 1 saturated heterocycles. The average molecular weight is 196 g/mol. The molecule has 0 bridgehead atoms. The minimum atomic E-state index is 0.508. The standard InChI is InChI=1S/C11H20N2O/c1-3-4-5-12-11(2)10-13-6-8-14-9-7-13/h11-12H,5-10H2,1-2H3. The Balaban J connectivity index is 2.10. The smallest absolute Gasteiger partial charge is 0.0594 e. The van der Waals surface area contributed by atoms with Gasteiger partial charge in [-0.3, -0.25) is 4.90 Å². The largest absolute Gasteiger partial charge is 0.379 e. The average Bonchev–Trinajstić information content (AvgIpc) is 2.20. The lowest BCUT2D eigenvalue weighted by molar-refractivity contribution is 0.0346. The van der Waals surface area contributed by atoms with E-state index in [2.05, 4.69) is 29.0 Å². The van der Waals surface area contributed by atoms with Crippen molar-refractivity contribution in [2.45, 2.75) is 19.9 Å². The van der Waals surface area contributed by atoms with Gasteiger partial charge in [0.1, 0.15) is 0 Å². The van der Waals surface area contributed by atoms with Crippen molar-refractivity contribution < 1.29 is 4.74 Å². The van der Waals surface area contributed by atoms with E-state index in [9.17, 15) is 0 Å². The Hall–Kier alpha value is -0.560. The van der Waals surface area contributed by atoms with Gasteiger partial charge in [0.05, 0.1) is 19.8 Å². The normalized spacial score (nSPS) is 19.9. The lowest BCUT2D eigenvalue weighted by Crippen LogP contribution is -2.44. The Kier molecular flexibility index (Phi) is 5.62. The molecule has 1 heterocycles. The lowest BCUT2D eigenvalue weighted by atomic mass is 10.3. The lowest BCUT2D eigenvalue weighted by Gasteiger charge is -2.29. The van der Waals surface area contributed by atoms with Crippen LogP contribution in [-0.2, 0) is 4.74 Å². The zero-order chi connectivity index (χ0) is 10.2. The Morgan fingerprint density at radius 2 is 2.14 bits per heavy atom. The van der Waals surface area contributed by atoms with Crippen LogP contribution in [0.15, 0.2) is 0 Å². The monoisotopic (exact) mass is 196 g/mol. The molecule has 1 atom stereocenters. The zero-order valence-corrected chi connectivity index (χ0v) is 9.18. The van der Waals surface area contributed by atoms with Crippen LogP contribution in [0.3, 0.4) is 0 Å². The fraction of sp³-hybridized carbons (Fsp3) is 0.818. The molecule has 14 heavy (non-hydrogen) atoms. The highest BCUT2D eigenvalue weighted by atomic mass is 16.5.